The Morgan fingerprint density at radius 2 is 2.04 bits per heavy atom. The Bertz CT molecular complexity index is 923. The van der Waals surface area contributed by atoms with Crippen LogP contribution >= 0.6 is 22.9 Å². The molecule has 0 aliphatic carbocycles. The molecule has 1 aromatic carbocycles. The molecule has 0 atom stereocenters. The Kier molecular flexibility index (Phi) is 6.37. The first kappa shape index (κ1) is 19.0. The van der Waals surface area contributed by atoms with Gasteiger partial charge in [-0.3, -0.25) is 9.69 Å². The molecular formula is C18H21ClN4O2S. The van der Waals surface area contributed by atoms with Gasteiger partial charge in [0.25, 0.3) is 5.56 Å². The van der Waals surface area contributed by atoms with Crippen LogP contribution in [-0.2, 0) is 24.2 Å². The average Bonchev–Trinajstić information content (AvgIpc) is 3.05. The third-order valence-electron chi connectivity index (χ3n) is 3.96. The van der Waals surface area contributed by atoms with E-state index >= 15 is 0 Å². The number of nitrogens with zero attached hydrogens (tertiary/aromatic N) is 4. The standard InChI is InChI=1S/C18H21ClN4O2S/c1-3-16-21-23-17(24)10-15(20-18(23)26-16)12-22(8-9-25-2)11-13-4-6-14(19)7-5-13/h4-7,10H,3,8-9,11-12H2,1-2H3. The van der Waals surface area contributed by atoms with Crippen molar-refractivity contribution in [1.29, 1.82) is 0 Å². The van der Waals surface area contributed by atoms with Crippen molar-refractivity contribution < 1.29 is 4.74 Å². The number of fused-ring (bicyclic) bond motifs is 1. The molecule has 0 spiro atoms. The zero-order valence-electron chi connectivity index (χ0n) is 14.8. The van der Waals surface area contributed by atoms with Crippen molar-refractivity contribution in [2.45, 2.75) is 26.4 Å². The molecule has 0 amide bonds. The van der Waals surface area contributed by atoms with Gasteiger partial charge in [-0.2, -0.15) is 9.61 Å². The number of hydrogen-bond acceptors (Lipinski definition) is 6. The number of aryl methyl sites for hydroxylation is 1. The Morgan fingerprint density at radius 3 is 2.73 bits per heavy atom. The number of methoxy groups -OCH3 is 1. The Hall–Kier alpha value is -1.80. The third kappa shape index (κ3) is 4.67. The Labute approximate surface area is 161 Å². The fraction of sp³-hybridized carbons (Fsp3) is 0.389. The van der Waals surface area contributed by atoms with Gasteiger partial charge in [-0.15, -0.1) is 0 Å². The van der Waals surface area contributed by atoms with Crippen LogP contribution in [0.1, 0.15) is 23.2 Å². The molecule has 3 rings (SSSR count). The van der Waals surface area contributed by atoms with Crippen LogP contribution in [0.2, 0.25) is 5.02 Å². The van der Waals surface area contributed by atoms with Crippen LogP contribution in [0.25, 0.3) is 4.96 Å². The van der Waals surface area contributed by atoms with Gasteiger partial charge in [0.1, 0.15) is 5.01 Å². The first-order chi connectivity index (χ1) is 12.6. The van der Waals surface area contributed by atoms with Gasteiger partial charge in [0, 0.05) is 37.8 Å². The van der Waals surface area contributed by atoms with Gasteiger partial charge in [0.2, 0.25) is 4.96 Å². The summed E-state index contributed by atoms with van der Waals surface area (Å²) in [6.45, 7) is 4.66. The van der Waals surface area contributed by atoms with Crippen LogP contribution in [0.4, 0.5) is 0 Å². The van der Waals surface area contributed by atoms with Gasteiger partial charge in [-0.25, -0.2) is 4.98 Å². The molecule has 0 saturated carbocycles. The van der Waals surface area contributed by atoms with Crippen molar-refractivity contribution in [3.05, 3.63) is 62.0 Å². The topological polar surface area (TPSA) is 59.7 Å². The summed E-state index contributed by atoms with van der Waals surface area (Å²) in [4.78, 5) is 19.8. The number of aromatic nitrogens is 3. The van der Waals surface area contributed by atoms with Crippen molar-refractivity contribution in [2.24, 2.45) is 0 Å². The quantitative estimate of drug-likeness (QED) is 0.589. The van der Waals surface area contributed by atoms with Crippen LogP contribution in [0, 0.1) is 0 Å². The van der Waals surface area contributed by atoms with Gasteiger partial charge >= 0.3 is 0 Å². The van der Waals surface area contributed by atoms with E-state index in [9.17, 15) is 4.79 Å². The van der Waals surface area contributed by atoms with Crippen LogP contribution in [0.3, 0.4) is 0 Å². The summed E-state index contributed by atoms with van der Waals surface area (Å²) in [5.41, 5.74) is 1.75. The molecule has 6 nitrogen and oxygen atoms in total. The van der Waals surface area contributed by atoms with Crippen LogP contribution < -0.4 is 5.56 Å². The number of benzene rings is 1. The zero-order chi connectivity index (χ0) is 18.5. The van der Waals surface area contributed by atoms with E-state index in [1.54, 1.807) is 13.2 Å². The van der Waals surface area contributed by atoms with Gasteiger partial charge in [0.05, 0.1) is 12.3 Å². The summed E-state index contributed by atoms with van der Waals surface area (Å²) in [7, 11) is 1.68. The lowest BCUT2D eigenvalue weighted by molar-refractivity contribution is 0.139. The van der Waals surface area contributed by atoms with E-state index in [1.807, 2.05) is 31.2 Å². The highest BCUT2D eigenvalue weighted by Gasteiger charge is 2.12. The minimum Gasteiger partial charge on any atom is -0.383 e. The summed E-state index contributed by atoms with van der Waals surface area (Å²) in [5.74, 6) is 0. The second-order valence-electron chi connectivity index (χ2n) is 5.96. The average molecular weight is 393 g/mol. The maximum atomic E-state index is 12.3. The second-order valence-corrected chi connectivity index (χ2v) is 7.44. The number of halogens is 1. The van der Waals surface area contributed by atoms with Gasteiger partial charge in [-0.1, -0.05) is 42.0 Å². The summed E-state index contributed by atoms with van der Waals surface area (Å²) >= 11 is 7.42. The summed E-state index contributed by atoms with van der Waals surface area (Å²) in [6.07, 6.45) is 0.791. The predicted octanol–water partition coefficient (Wildman–Crippen LogP) is 3.02. The maximum Gasteiger partial charge on any atom is 0.275 e. The smallest absolute Gasteiger partial charge is 0.275 e. The molecular weight excluding hydrogens is 372 g/mol. The van der Waals surface area contributed by atoms with Gasteiger partial charge in [-0.05, 0) is 24.1 Å². The van der Waals surface area contributed by atoms with Crippen molar-refractivity contribution >= 4 is 27.9 Å². The molecule has 0 unspecified atom stereocenters. The molecule has 0 radical (unpaired) electrons. The van der Waals surface area contributed by atoms with E-state index in [4.69, 9.17) is 16.3 Å². The molecule has 8 heteroatoms. The number of hydrogen-bond donors (Lipinski definition) is 0. The normalized spacial score (nSPS) is 11.5. The fourth-order valence-corrected chi connectivity index (χ4v) is 3.61. The van der Waals surface area contributed by atoms with Crippen LogP contribution in [-0.4, -0.2) is 39.8 Å². The predicted molar refractivity (Wildman–Crippen MR) is 104 cm³/mol. The van der Waals surface area contributed by atoms with E-state index < -0.39 is 0 Å². The molecule has 0 fully saturated rings. The molecule has 138 valence electrons. The van der Waals surface area contributed by atoms with Crippen LogP contribution in [0.15, 0.2) is 35.1 Å². The van der Waals surface area contributed by atoms with Crippen LogP contribution in [0.5, 0.6) is 0 Å². The fourth-order valence-electron chi connectivity index (χ4n) is 2.63. The lowest BCUT2D eigenvalue weighted by atomic mass is 10.2. The third-order valence-corrected chi connectivity index (χ3v) is 5.26. The highest BCUT2D eigenvalue weighted by Crippen LogP contribution is 2.15. The maximum absolute atomic E-state index is 12.3. The highest BCUT2D eigenvalue weighted by atomic mass is 35.5. The second kappa shape index (κ2) is 8.73. The Morgan fingerprint density at radius 1 is 1.27 bits per heavy atom. The van der Waals surface area contributed by atoms with E-state index in [2.05, 4.69) is 15.0 Å². The van der Waals surface area contributed by atoms with Gasteiger partial charge in [0.15, 0.2) is 0 Å². The van der Waals surface area contributed by atoms with Gasteiger partial charge < -0.3 is 4.74 Å². The lowest BCUT2D eigenvalue weighted by Crippen LogP contribution is -2.28. The van der Waals surface area contributed by atoms with E-state index in [1.165, 1.54) is 15.9 Å². The molecule has 0 aliphatic rings. The molecule has 2 heterocycles. The molecule has 0 N–H and O–H groups in total. The van der Waals surface area contributed by atoms with Crippen molar-refractivity contribution in [3.63, 3.8) is 0 Å². The zero-order valence-corrected chi connectivity index (χ0v) is 16.4. The molecule has 0 saturated heterocycles. The van der Waals surface area contributed by atoms with Crippen molar-refractivity contribution in [1.82, 2.24) is 19.5 Å². The lowest BCUT2D eigenvalue weighted by Gasteiger charge is -2.21. The minimum atomic E-state index is -0.140. The largest absolute Gasteiger partial charge is 0.383 e. The van der Waals surface area contributed by atoms with E-state index in [0.717, 1.165) is 35.8 Å². The first-order valence-electron chi connectivity index (χ1n) is 8.43. The molecule has 0 aliphatic heterocycles. The molecule has 0 bridgehead atoms. The Balaban J connectivity index is 1.82. The number of ether oxygens (including phenoxy) is 1. The summed E-state index contributed by atoms with van der Waals surface area (Å²) in [6, 6.07) is 9.33. The molecule has 3 aromatic rings. The molecule has 2 aromatic heterocycles. The SMILES string of the molecule is CCc1nn2c(=O)cc(CN(CCOC)Cc3ccc(Cl)cc3)nc2s1. The monoisotopic (exact) mass is 392 g/mol. The minimum absolute atomic E-state index is 0.140. The number of rotatable bonds is 8. The van der Waals surface area contributed by atoms with Crippen molar-refractivity contribution in [3.8, 4) is 0 Å². The first-order valence-corrected chi connectivity index (χ1v) is 9.63. The summed E-state index contributed by atoms with van der Waals surface area (Å²) in [5, 5.41) is 5.91. The van der Waals surface area contributed by atoms with E-state index in [0.29, 0.717) is 23.1 Å². The highest BCUT2D eigenvalue weighted by molar-refractivity contribution is 7.16. The van der Waals surface area contributed by atoms with Crippen molar-refractivity contribution in [2.75, 3.05) is 20.3 Å². The molecule has 26 heavy (non-hydrogen) atoms. The summed E-state index contributed by atoms with van der Waals surface area (Å²) < 4.78 is 6.60. The van der Waals surface area contributed by atoms with E-state index in [-0.39, 0.29) is 5.56 Å².